The molecule has 27 heteroatoms. The summed E-state index contributed by atoms with van der Waals surface area (Å²) in [6.45, 7) is 9.11. The molecule has 3 fully saturated rings. The molecule has 21 nitrogen and oxygen atoms in total. The number of nitrogens with zero attached hydrogens (tertiary/aromatic N) is 11. The number of imidazole rings is 3. The van der Waals surface area contributed by atoms with Crippen LogP contribution in [0.3, 0.4) is 0 Å². The second-order valence-electron chi connectivity index (χ2n) is 27.0. The van der Waals surface area contributed by atoms with Crippen molar-refractivity contribution in [2.24, 2.45) is 0 Å². The lowest BCUT2D eigenvalue weighted by atomic mass is 9.75. The van der Waals surface area contributed by atoms with E-state index in [9.17, 15) is 55.1 Å². The Labute approximate surface area is 563 Å². The van der Waals surface area contributed by atoms with Crippen LogP contribution >= 0.6 is 0 Å². The second kappa shape index (κ2) is 27.1. The standard InChI is InChI=1S/2C25H29F3N4O3.C21H24N4O3/c2*1-2-35-23(34)30-15-24(16-30)17-8-3-5-10-19(17)32(22(24)33)14-21-29-18-9-4-6-11-20(18)31(21)13-7-12-25(26,27)28;1-2-28-20(27)24-12-21(13-24)14-7-3-6-10-17(14)25(19(21)26)11-18-22-15-8-4-5-9-16(15)23-18/h2*3,5,8,10H,2,4,6-7,9,11-16H2,1H3;3,6-7,10H,2,4-5,8-9,11-13H2,1H3,(H,22,23). The summed E-state index contributed by atoms with van der Waals surface area (Å²) < 4.78 is 96.0. The van der Waals surface area contributed by atoms with Crippen molar-refractivity contribution >= 4 is 53.1 Å². The van der Waals surface area contributed by atoms with E-state index in [2.05, 4.69) is 4.98 Å². The summed E-state index contributed by atoms with van der Waals surface area (Å²) in [5.74, 6) is 1.92. The van der Waals surface area contributed by atoms with Crippen LogP contribution in [0, 0.1) is 0 Å². The summed E-state index contributed by atoms with van der Waals surface area (Å²) in [5, 5.41) is 0. The SMILES string of the molecule is CCOC(=O)N1CC2(C1)C(=O)N(Cc1nc3c([nH]1)CCCC3)c1ccccc12.CCOC(=O)N1CC2(C1)C(=O)N(Cc1nc3c(n1CCCC(F)(F)F)CCCC3)c1ccccc12.CCOC(=O)N1CC2(C1)C(=O)N(Cc1nc3c(n1CCCC(F)(F)F)CCCC3)c1ccccc12. The zero-order chi connectivity index (χ0) is 68.9. The molecule has 0 radical (unpaired) electrons. The zero-order valence-electron chi connectivity index (χ0n) is 55.5. The molecule has 3 saturated heterocycles. The molecule has 6 aliphatic heterocycles. The van der Waals surface area contributed by atoms with Gasteiger partial charge in [-0.15, -0.1) is 0 Å². The minimum absolute atomic E-state index is 0.0255. The molecule has 0 bridgehead atoms. The van der Waals surface area contributed by atoms with E-state index in [1.165, 1.54) is 28.3 Å². The van der Waals surface area contributed by atoms with Gasteiger partial charge in [-0.25, -0.2) is 29.3 Å². The Hall–Kier alpha value is -8.91. The number of alkyl halides is 6. The number of nitrogens with one attached hydrogen (secondary N) is 1. The predicted molar refractivity (Wildman–Crippen MR) is 347 cm³/mol. The van der Waals surface area contributed by atoms with Gasteiger partial charge in [0.1, 0.15) is 33.7 Å². The average molecular weight is 1360 g/mol. The van der Waals surface area contributed by atoms with E-state index in [0.717, 1.165) is 132 Å². The highest BCUT2D eigenvalue weighted by Gasteiger charge is 2.62. The third kappa shape index (κ3) is 12.6. The number of benzene rings is 3. The maximum atomic E-state index is 13.8. The predicted octanol–water partition coefficient (Wildman–Crippen LogP) is 11.3. The molecule has 3 aromatic heterocycles. The molecule has 6 amide bonds. The monoisotopic (exact) mass is 1360 g/mol. The fraction of sp³-hybridized carbons (Fsp3) is 0.535. The van der Waals surface area contributed by atoms with Crippen molar-refractivity contribution in [2.75, 3.05) is 73.8 Å². The molecule has 522 valence electrons. The van der Waals surface area contributed by atoms with Gasteiger partial charge in [0.05, 0.1) is 56.5 Å². The van der Waals surface area contributed by atoms with E-state index in [0.29, 0.717) is 37.9 Å². The maximum absolute atomic E-state index is 13.8. The number of amides is 6. The first-order valence-electron chi connectivity index (χ1n) is 34.4. The molecule has 1 N–H and O–H groups in total. The van der Waals surface area contributed by atoms with Crippen molar-refractivity contribution in [3.05, 3.63) is 141 Å². The van der Waals surface area contributed by atoms with Gasteiger partial charge in [0.15, 0.2) is 0 Å². The molecular weight excluding hydrogens is 1280 g/mol. The number of hydrogen-bond acceptors (Lipinski definition) is 12. The molecule has 3 aromatic carbocycles. The average Bonchev–Trinajstić information content (AvgIpc) is 1.55. The van der Waals surface area contributed by atoms with Crippen LogP contribution in [0.15, 0.2) is 72.8 Å². The summed E-state index contributed by atoms with van der Waals surface area (Å²) >= 11 is 0. The highest BCUT2D eigenvalue weighted by Crippen LogP contribution is 2.51. The van der Waals surface area contributed by atoms with Crippen LogP contribution in [0.4, 0.5) is 57.8 Å². The maximum Gasteiger partial charge on any atom is 0.409 e. The van der Waals surface area contributed by atoms with Crippen molar-refractivity contribution in [3.63, 3.8) is 0 Å². The van der Waals surface area contributed by atoms with Gasteiger partial charge in [-0.1, -0.05) is 54.6 Å². The van der Waals surface area contributed by atoms with Gasteiger partial charge < -0.3 is 57.7 Å². The number of rotatable bonds is 15. The van der Waals surface area contributed by atoms with Gasteiger partial charge in [0.2, 0.25) is 17.7 Å². The van der Waals surface area contributed by atoms with Crippen LogP contribution < -0.4 is 14.7 Å². The molecule has 9 aliphatic rings. The molecule has 0 unspecified atom stereocenters. The summed E-state index contributed by atoms with van der Waals surface area (Å²) in [5.41, 5.74) is 9.12. The lowest BCUT2D eigenvalue weighted by Crippen LogP contribution is -2.65. The number of aromatic amines is 1. The number of para-hydroxylation sites is 3. The number of carbonyl (C=O) groups is 6. The van der Waals surface area contributed by atoms with E-state index in [1.807, 2.05) is 86.8 Å². The van der Waals surface area contributed by atoms with Crippen LogP contribution in [0.25, 0.3) is 0 Å². The minimum atomic E-state index is -4.20. The Morgan fingerprint density at radius 2 is 0.796 bits per heavy atom. The van der Waals surface area contributed by atoms with Gasteiger partial charge in [-0.2, -0.15) is 26.3 Å². The minimum Gasteiger partial charge on any atom is -0.450 e. The molecule has 15 rings (SSSR count). The first-order chi connectivity index (χ1) is 47.1. The number of carbonyl (C=O) groups excluding carboxylic acids is 6. The largest absolute Gasteiger partial charge is 0.450 e. The topological polar surface area (TPSA) is 214 Å². The van der Waals surface area contributed by atoms with E-state index >= 15 is 0 Å². The van der Waals surface area contributed by atoms with Gasteiger partial charge in [0.25, 0.3) is 0 Å². The van der Waals surface area contributed by atoms with Gasteiger partial charge in [0, 0.05) is 99.3 Å². The zero-order valence-corrected chi connectivity index (χ0v) is 55.5. The fourth-order valence-electron chi connectivity index (χ4n) is 16.0. The van der Waals surface area contributed by atoms with Crippen LogP contribution in [0.2, 0.25) is 0 Å². The van der Waals surface area contributed by atoms with E-state index in [4.69, 9.17) is 29.2 Å². The summed E-state index contributed by atoms with van der Waals surface area (Å²) in [6, 6.07) is 23.0. The summed E-state index contributed by atoms with van der Waals surface area (Å²) in [4.78, 5) is 105. The number of aromatic nitrogens is 6. The van der Waals surface area contributed by atoms with Crippen LogP contribution in [-0.2, 0) is 116 Å². The Balaban J connectivity index is 0.000000133. The Kier molecular flexibility index (Phi) is 18.7. The number of H-pyrrole nitrogens is 1. The van der Waals surface area contributed by atoms with Gasteiger partial charge in [-0.05, 0) is 146 Å². The molecule has 9 heterocycles. The highest BCUT2D eigenvalue weighted by molar-refractivity contribution is 6.11. The molecule has 3 aliphatic carbocycles. The molecule has 98 heavy (non-hydrogen) atoms. The Morgan fingerprint density at radius 1 is 0.459 bits per heavy atom. The molecule has 0 atom stereocenters. The first kappa shape index (κ1) is 67.6. The first-order valence-corrected chi connectivity index (χ1v) is 34.4. The van der Waals surface area contributed by atoms with E-state index < -0.39 is 53.6 Å². The third-order valence-electron chi connectivity index (χ3n) is 20.7. The number of anilines is 3. The van der Waals surface area contributed by atoms with Crippen LogP contribution in [0.5, 0.6) is 0 Å². The molecular formula is C71H82F6N12O9. The number of hydrogen-bond donors (Lipinski definition) is 1. The number of ether oxygens (including phenoxy) is 3. The van der Waals surface area contributed by atoms with E-state index in [1.54, 1.807) is 35.5 Å². The quantitative estimate of drug-likeness (QED) is 0.0751. The molecule has 3 spiro atoms. The molecule has 6 aromatic rings. The van der Waals surface area contributed by atoms with Crippen molar-refractivity contribution < 1.29 is 69.3 Å². The molecule has 0 saturated carbocycles. The van der Waals surface area contributed by atoms with Gasteiger partial charge in [-0.3, -0.25) is 14.4 Å². The lowest BCUT2D eigenvalue weighted by Gasteiger charge is -2.45. The highest BCUT2D eigenvalue weighted by atomic mass is 19.4. The summed E-state index contributed by atoms with van der Waals surface area (Å²) in [7, 11) is 0. The number of halogens is 6. The summed E-state index contributed by atoms with van der Waals surface area (Å²) in [6.07, 6.45) is 0.185. The van der Waals surface area contributed by atoms with Crippen LogP contribution in [0.1, 0.15) is 153 Å². The smallest absolute Gasteiger partial charge is 0.409 e. The van der Waals surface area contributed by atoms with Crippen molar-refractivity contribution in [1.82, 2.24) is 43.8 Å². The van der Waals surface area contributed by atoms with E-state index in [-0.39, 0.29) is 102 Å². The second-order valence-corrected chi connectivity index (χ2v) is 27.0. The number of likely N-dealkylation sites (tertiary alicyclic amines) is 3. The Morgan fingerprint density at radius 3 is 1.15 bits per heavy atom. The third-order valence-corrected chi connectivity index (χ3v) is 20.7. The number of fused-ring (bicyclic) bond motifs is 9. The van der Waals surface area contributed by atoms with Crippen molar-refractivity contribution in [2.45, 2.75) is 185 Å². The normalized spacial score (nSPS) is 18.7. The van der Waals surface area contributed by atoms with Gasteiger partial charge >= 0.3 is 30.6 Å². The Bertz CT molecular complexity index is 3830. The fourth-order valence-corrected chi connectivity index (χ4v) is 16.0. The van der Waals surface area contributed by atoms with Crippen LogP contribution in [-0.4, -0.2) is 151 Å². The van der Waals surface area contributed by atoms with Crippen molar-refractivity contribution in [3.8, 4) is 0 Å². The lowest BCUT2D eigenvalue weighted by molar-refractivity contribution is -0.136. The van der Waals surface area contributed by atoms with Crippen molar-refractivity contribution in [1.29, 1.82) is 0 Å². The number of aryl methyl sites for hydroxylation is 4.